The monoisotopic (exact) mass is 609 g/mol. The predicted octanol–water partition coefficient (Wildman–Crippen LogP) is 6.77. The largest absolute Gasteiger partial charge is 0.508 e. The first-order valence-corrected chi connectivity index (χ1v) is 16.1. The molecule has 45 heavy (non-hydrogen) atoms. The van der Waals surface area contributed by atoms with E-state index in [2.05, 4.69) is 56.1 Å². The summed E-state index contributed by atoms with van der Waals surface area (Å²) < 4.78 is 2.00. The number of carbonyl (C=O) groups is 2. The van der Waals surface area contributed by atoms with Gasteiger partial charge in [-0.1, -0.05) is 70.9 Å². The fourth-order valence-electron chi connectivity index (χ4n) is 5.31. The molecule has 0 spiro atoms. The van der Waals surface area contributed by atoms with Gasteiger partial charge in [0.1, 0.15) is 11.4 Å². The van der Waals surface area contributed by atoms with Gasteiger partial charge in [-0.25, -0.2) is 4.68 Å². The smallest absolute Gasteiger partial charge is 0.246 e. The van der Waals surface area contributed by atoms with Crippen molar-refractivity contribution in [1.82, 2.24) is 19.7 Å². The minimum Gasteiger partial charge on any atom is -0.508 e. The Morgan fingerprint density at radius 3 is 2.31 bits per heavy atom. The second-order valence-corrected chi connectivity index (χ2v) is 12.7. The maximum Gasteiger partial charge on any atom is 0.246 e. The Balaban J connectivity index is 1.38. The Labute approximate surface area is 267 Å². The molecule has 2 aromatic heterocycles. The summed E-state index contributed by atoms with van der Waals surface area (Å²) in [6.45, 7) is 9.02. The molecule has 8 heteroatoms. The molecule has 0 aliphatic carbocycles. The topological polar surface area (TPSA) is 114 Å². The van der Waals surface area contributed by atoms with Crippen molar-refractivity contribution < 1.29 is 14.7 Å². The van der Waals surface area contributed by atoms with Gasteiger partial charge in [0.2, 0.25) is 11.8 Å². The number of rotatable bonds is 14. The number of aromatic hydroxyl groups is 1. The molecule has 0 aliphatic rings. The van der Waals surface area contributed by atoms with E-state index in [-0.39, 0.29) is 23.0 Å². The van der Waals surface area contributed by atoms with Crippen LogP contribution < -0.4 is 5.73 Å². The lowest BCUT2D eigenvalue weighted by Crippen LogP contribution is -2.48. The molecule has 1 unspecified atom stereocenters. The highest BCUT2D eigenvalue weighted by atomic mass is 16.3. The SMILES string of the molecule is CCCCN(C(=O)CCCCCc1cc(-c2ccccn2)nn1-c1ccc(C(C)(C)C)cc1)C(=O)C(N)Cc1ccc(O)cc1. The molecule has 3 N–H and O–H groups in total. The fourth-order valence-corrected chi connectivity index (χ4v) is 5.31. The molecule has 1 atom stereocenters. The minimum atomic E-state index is -0.818. The molecule has 0 saturated carbocycles. The molecule has 4 aromatic rings. The van der Waals surface area contributed by atoms with E-state index in [9.17, 15) is 14.7 Å². The molecule has 4 rings (SSSR count). The maximum atomic E-state index is 13.2. The highest BCUT2D eigenvalue weighted by molar-refractivity contribution is 5.97. The summed E-state index contributed by atoms with van der Waals surface area (Å²) in [5, 5.41) is 14.5. The molecule has 0 fully saturated rings. The van der Waals surface area contributed by atoms with Crippen molar-refractivity contribution in [3.63, 3.8) is 0 Å². The second-order valence-electron chi connectivity index (χ2n) is 12.7. The standard InChI is InChI=1S/C37H47N5O3/c1-5-6-24-41(36(45)32(38)25-27-15-21-31(43)22-16-27)35(44)14-9-7-8-12-30-26-34(33-13-10-11-23-39-33)40-42(30)29-19-17-28(18-20-29)37(2,3)4/h10-11,13,15-23,26,32,43H,5-9,12,14,24-25,38H2,1-4H3. The number of amides is 2. The van der Waals surface area contributed by atoms with Gasteiger partial charge in [0.05, 0.1) is 17.4 Å². The van der Waals surface area contributed by atoms with Crippen molar-refractivity contribution >= 4 is 11.8 Å². The van der Waals surface area contributed by atoms with Crippen LogP contribution in [0.2, 0.25) is 0 Å². The lowest BCUT2D eigenvalue weighted by Gasteiger charge is -2.24. The lowest BCUT2D eigenvalue weighted by molar-refractivity contribution is -0.145. The number of hydrogen-bond donors (Lipinski definition) is 2. The average Bonchev–Trinajstić information content (AvgIpc) is 3.46. The zero-order chi connectivity index (χ0) is 32.4. The van der Waals surface area contributed by atoms with Crippen LogP contribution in [0.25, 0.3) is 17.1 Å². The molecule has 8 nitrogen and oxygen atoms in total. The van der Waals surface area contributed by atoms with Crippen LogP contribution in [0.3, 0.4) is 0 Å². The van der Waals surface area contributed by atoms with Gasteiger partial charge in [0, 0.05) is 24.9 Å². The zero-order valence-electron chi connectivity index (χ0n) is 27.1. The normalized spacial score (nSPS) is 12.2. The Morgan fingerprint density at radius 2 is 1.67 bits per heavy atom. The number of benzene rings is 2. The van der Waals surface area contributed by atoms with Crippen molar-refractivity contribution in [3.05, 3.63) is 95.8 Å². The third-order valence-electron chi connectivity index (χ3n) is 8.02. The van der Waals surface area contributed by atoms with Crippen LogP contribution in [0.15, 0.2) is 79.0 Å². The van der Waals surface area contributed by atoms with Crippen LogP contribution >= 0.6 is 0 Å². The van der Waals surface area contributed by atoms with Crippen LogP contribution in [0.5, 0.6) is 5.75 Å². The summed E-state index contributed by atoms with van der Waals surface area (Å²) in [5.74, 6) is -0.354. The first-order valence-electron chi connectivity index (χ1n) is 16.1. The van der Waals surface area contributed by atoms with Crippen LogP contribution in [-0.2, 0) is 27.8 Å². The van der Waals surface area contributed by atoms with E-state index >= 15 is 0 Å². The highest BCUT2D eigenvalue weighted by Crippen LogP contribution is 2.26. The van der Waals surface area contributed by atoms with Crippen molar-refractivity contribution in [2.75, 3.05) is 6.54 Å². The molecule has 0 bridgehead atoms. The third kappa shape index (κ3) is 9.35. The Morgan fingerprint density at radius 1 is 0.933 bits per heavy atom. The van der Waals surface area contributed by atoms with Crippen LogP contribution in [-0.4, -0.2) is 49.2 Å². The summed E-state index contributed by atoms with van der Waals surface area (Å²) >= 11 is 0. The molecule has 0 radical (unpaired) electrons. The summed E-state index contributed by atoms with van der Waals surface area (Å²) in [4.78, 5) is 32.3. The number of carbonyl (C=O) groups excluding carboxylic acids is 2. The Kier molecular flexibility index (Phi) is 11.7. The van der Waals surface area contributed by atoms with Gasteiger partial charge in [-0.3, -0.25) is 19.5 Å². The van der Waals surface area contributed by atoms with E-state index < -0.39 is 6.04 Å². The molecule has 238 valence electrons. The number of nitrogens with zero attached hydrogens (tertiary/aromatic N) is 4. The first-order chi connectivity index (χ1) is 21.6. The van der Waals surface area contributed by atoms with Gasteiger partial charge < -0.3 is 10.8 Å². The quantitative estimate of drug-likeness (QED) is 0.153. The fraction of sp³-hybridized carbons (Fsp3) is 0.405. The van der Waals surface area contributed by atoms with Crippen LogP contribution in [0, 0.1) is 0 Å². The van der Waals surface area contributed by atoms with Crippen LogP contribution in [0.1, 0.15) is 83.0 Å². The Hall–Kier alpha value is -4.30. The molecule has 2 heterocycles. The minimum absolute atomic E-state index is 0.0661. The Bertz CT molecular complexity index is 1520. The summed E-state index contributed by atoms with van der Waals surface area (Å²) in [7, 11) is 0. The van der Waals surface area contributed by atoms with E-state index in [0.717, 1.165) is 60.4 Å². The number of hydrogen-bond acceptors (Lipinski definition) is 6. The van der Waals surface area contributed by atoms with E-state index in [0.29, 0.717) is 25.8 Å². The van der Waals surface area contributed by atoms with Gasteiger partial charge >= 0.3 is 0 Å². The molecule has 2 amide bonds. The third-order valence-corrected chi connectivity index (χ3v) is 8.02. The summed E-state index contributed by atoms with van der Waals surface area (Å²) in [5.41, 5.74) is 12.2. The number of phenols is 1. The second kappa shape index (κ2) is 15.6. The zero-order valence-corrected chi connectivity index (χ0v) is 27.1. The van der Waals surface area contributed by atoms with Gasteiger partial charge in [-0.15, -0.1) is 0 Å². The molecule has 2 aromatic carbocycles. The first kappa shape index (κ1) is 33.6. The van der Waals surface area contributed by atoms with Crippen molar-refractivity contribution in [2.45, 2.75) is 90.5 Å². The van der Waals surface area contributed by atoms with Gasteiger partial charge in [-0.05, 0) is 91.1 Å². The number of pyridine rings is 1. The van der Waals surface area contributed by atoms with Crippen molar-refractivity contribution in [1.29, 1.82) is 0 Å². The number of aromatic nitrogens is 3. The summed E-state index contributed by atoms with van der Waals surface area (Å²) in [6, 6.07) is 22.3. The van der Waals surface area contributed by atoms with Crippen molar-refractivity contribution in [3.8, 4) is 22.8 Å². The number of aryl methyl sites for hydroxylation is 1. The van der Waals surface area contributed by atoms with Gasteiger partial charge in [0.25, 0.3) is 0 Å². The highest BCUT2D eigenvalue weighted by Gasteiger charge is 2.26. The predicted molar refractivity (Wildman–Crippen MR) is 179 cm³/mol. The van der Waals surface area contributed by atoms with Gasteiger partial charge in [0.15, 0.2) is 0 Å². The van der Waals surface area contributed by atoms with Gasteiger partial charge in [-0.2, -0.15) is 5.10 Å². The molecule has 0 saturated heterocycles. The number of phenolic OH excluding ortho intramolecular Hbond substituents is 1. The number of nitrogens with two attached hydrogens (primary N) is 1. The van der Waals surface area contributed by atoms with E-state index in [4.69, 9.17) is 10.8 Å². The van der Waals surface area contributed by atoms with Crippen LogP contribution in [0.4, 0.5) is 0 Å². The summed E-state index contributed by atoms with van der Waals surface area (Å²) in [6.07, 6.45) is 7.20. The average molecular weight is 610 g/mol. The molecular formula is C37H47N5O3. The maximum absolute atomic E-state index is 13.2. The number of imide groups is 1. The van der Waals surface area contributed by atoms with E-state index in [1.165, 1.54) is 10.5 Å². The molecule has 0 aliphatic heterocycles. The van der Waals surface area contributed by atoms with E-state index in [1.54, 1.807) is 30.5 Å². The molecular weight excluding hydrogens is 562 g/mol. The van der Waals surface area contributed by atoms with Crippen molar-refractivity contribution in [2.24, 2.45) is 5.73 Å². The lowest BCUT2D eigenvalue weighted by atomic mass is 9.87. The van der Waals surface area contributed by atoms with E-state index in [1.807, 2.05) is 29.8 Å². The number of unbranched alkanes of at least 4 members (excludes halogenated alkanes) is 3.